The molecule has 4 aromatic rings. The highest BCUT2D eigenvalue weighted by Gasteiger charge is 2.42. The fourth-order valence-corrected chi connectivity index (χ4v) is 5.77. The molecule has 2 N–H and O–H groups in total. The van der Waals surface area contributed by atoms with E-state index in [1.165, 1.54) is 21.9 Å². The lowest BCUT2D eigenvalue weighted by Gasteiger charge is -2.27. The highest BCUT2D eigenvalue weighted by Crippen LogP contribution is 2.30. The van der Waals surface area contributed by atoms with Crippen LogP contribution in [0.25, 0.3) is 22.0 Å². The normalized spacial score (nSPS) is 18.9. The average molecular weight is 592 g/mol. The van der Waals surface area contributed by atoms with E-state index in [4.69, 9.17) is 0 Å². The Kier molecular flexibility index (Phi) is 7.61. The summed E-state index contributed by atoms with van der Waals surface area (Å²) in [6.45, 7) is -1.69. The van der Waals surface area contributed by atoms with E-state index in [0.29, 0.717) is 16.8 Å². The number of hydrogen-bond donors (Lipinski definition) is 2. The van der Waals surface area contributed by atoms with Crippen LogP contribution in [0.1, 0.15) is 41.0 Å². The monoisotopic (exact) mass is 591 g/mol. The van der Waals surface area contributed by atoms with Gasteiger partial charge in [-0.05, 0) is 60.0 Å². The van der Waals surface area contributed by atoms with Crippen LogP contribution in [-0.2, 0) is 20.9 Å². The summed E-state index contributed by atoms with van der Waals surface area (Å²) >= 11 is 0. The van der Waals surface area contributed by atoms with E-state index in [1.807, 2.05) is 12.1 Å². The van der Waals surface area contributed by atoms with Crippen LogP contribution in [0.2, 0.25) is 0 Å². The number of carbonyl (C=O) groups is 3. The predicted octanol–water partition coefficient (Wildman–Crippen LogP) is 4.41. The van der Waals surface area contributed by atoms with E-state index in [9.17, 15) is 27.6 Å². The molecule has 2 aliphatic heterocycles. The van der Waals surface area contributed by atoms with Crippen molar-refractivity contribution in [3.05, 3.63) is 89.6 Å². The Bertz CT molecular complexity index is 1660. The van der Waals surface area contributed by atoms with Gasteiger partial charge < -0.3 is 24.8 Å². The number of nitrogens with zero attached hydrogens (tertiary/aromatic N) is 3. The first-order valence-corrected chi connectivity index (χ1v) is 13.8. The Morgan fingerprint density at radius 1 is 1.12 bits per heavy atom. The Hall–Kier alpha value is -4.71. The number of nitrogens with one attached hydrogen (secondary N) is 2. The Labute approximate surface area is 244 Å². The van der Waals surface area contributed by atoms with Gasteiger partial charge in [-0.3, -0.25) is 19.4 Å². The largest absolute Gasteiger partial charge is 0.357 e. The van der Waals surface area contributed by atoms with Crippen molar-refractivity contribution in [2.75, 3.05) is 13.1 Å². The summed E-state index contributed by atoms with van der Waals surface area (Å²) in [6.07, 6.45) is 2.18. The van der Waals surface area contributed by atoms with Crippen molar-refractivity contribution in [3.8, 4) is 11.1 Å². The minimum Gasteiger partial charge on any atom is -0.357 e. The van der Waals surface area contributed by atoms with Gasteiger partial charge in [-0.1, -0.05) is 18.2 Å². The number of amides is 3. The molecule has 9 nitrogen and oxygen atoms in total. The molecule has 43 heavy (non-hydrogen) atoms. The summed E-state index contributed by atoms with van der Waals surface area (Å²) in [5.41, 5.74) is 4.28. The van der Waals surface area contributed by atoms with Gasteiger partial charge in [0, 0.05) is 54.1 Å². The summed E-state index contributed by atoms with van der Waals surface area (Å²) in [7, 11) is 0. The van der Waals surface area contributed by atoms with Crippen molar-refractivity contribution in [1.29, 1.82) is 0 Å². The summed E-state index contributed by atoms with van der Waals surface area (Å²) in [5.74, 6) is -1.77. The number of halogens is 3. The third-order valence-corrected chi connectivity index (χ3v) is 7.94. The second kappa shape index (κ2) is 11.5. The van der Waals surface area contributed by atoms with Gasteiger partial charge in [0.25, 0.3) is 5.91 Å². The molecule has 3 atom stereocenters. The number of pyridine rings is 1. The number of alkyl halides is 2. The fraction of sp³-hybridized carbons (Fsp3) is 0.290. The summed E-state index contributed by atoms with van der Waals surface area (Å²) in [4.78, 5) is 49.9. The molecular weight excluding hydrogens is 563 g/mol. The minimum absolute atomic E-state index is 0.111. The highest BCUT2D eigenvalue weighted by molar-refractivity contribution is 6.01. The Morgan fingerprint density at radius 2 is 1.88 bits per heavy atom. The van der Waals surface area contributed by atoms with Crippen molar-refractivity contribution in [3.63, 3.8) is 0 Å². The number of aromatic nitrogens is 2. The van der Waals surface area contributed by atoms with Crippen molar-refractivity contribution in [2.24, 2.45) is 0 Å². The molecule has 4 heterocycles. The number of ether oxygens (including phenoxy) is 1. The van der Waals surface area contributed by atoms with E-state index in [2.05, 4.69) is 20.0 Å². The molecular formula is C31H28F3N5O4. The van der Waals surface area contributed by atoms with Crippen LogP contribution in [0.15, 0.2) is 67.0 Å². The van der Waals surface area contributed by atoms with E-state index in [0.717, 1.165) is 22.0 Å². The van der Waals surface area contributed by atoms with Crippen molar-refractivity contribution in [1.82, 2.24) is 25.1 Å². The van der Waals surface area contributed by atoms with Gasteiger partial charge in [0.05, 0.1) is 12.1 Å². The zero-order valence-electron chi connectivity index (χ0n) is 23.1. The second-order valence-corrected chi connectivity index (χ2v) is 10.8. The first-order chi connectivity index (χ1) is 20.7. The lowest BCUT2D eigenvalue weighted by molar-refractivity contribution is -0.160. The molecule has 6 rings (SSSR count). The Balaban J connectivity index is 1.15. The van der Waals surface area contributed by atoms with Gasteiger partial charge in [0.2, 0.25) is 11.8 Å². The van der Waals surface area contributed by atoms with Crippen molar-refractivity contribution >= 4 is 28.6 Å². The van der Waals surface area contributed by atoms with Crippen LogP contribution in [-0.4, -0.2) is 69.3 Å². The van der Waals surface area contributed by atoms with Crippen molar-refractivity contribution < 1.29 is 32.3 Å². The maximum Gasteiger partial charge on any atom is 0.345 e. The molecule has 0 aliphatic carbocycles. The van der Waals surface area contributed by atoms with Crippen molar-refractivity contribution in [2.45, 2.75) is 44.7 Å². The van der Waals surface area contributed by atoms with Crippen LogP contribution in [0.4, 0.5) is 13.2 Å². The predicted molar refractivity (Wildman–Crippen MR) is 150 cm³/mol. The zero-order chi connectivity index (χ0) is 30.2. The van der Waals surface area contributed by atoms with Gasteiger partial charge in [-0.25, -0.2) is 4.39 Å². The topological polar surface area (TPSA) is 108 Å². The standard InChI is InChI=1S/C31H28F3N5O4/c1-17(26-11-20-13-35-9-8-25(20)37-26)36-29(41)27-12-23(43-31(33)34)15-39(27)28(40)16-38-14-21-10-19(4-7-24(21)30(38)42)18-2-5-22(32)6-3-18/h2-11,13,17,23,27,31,37H,12,14-16H2,1H3,(H,36,41)/t17-,23-,27+/m1/s1. The molecule has 12 heteroatoms. The molecule has 1 saturated heterocycles. The van der Waals surface area contributed by atoms with Crippen LogP contribution in [0.5, 0.6) is 0 Å². The average Bonchev–Trinajstić information content (AvgIpc) is 3.68. The number of rotatable bonds is 8. The quantitative estimate of drug-likeness (QED) is 0.316. The van der Waals surface area contributed by atoms with E-state index in [-0.39, 0.29) is 37.8 Å². The fourth-order valence-electron chi connectivity index (χ4n) is 5.77. The minimum atomic E-state index is -3.06. The second-order valence-electron chi connectivity index (χ2n) is 10.8. The van der Waals surface area contributed by atoms with Gasteiger partial charge in [0.15, 0.2) is 0 Å². The molecule has 1 fully saturated rings. The molecule has 0 unspecified atom stereocenters. The number of hydrogen-bond acceptors (Lipinski definition) is 5. The van der Waals surface area contributed by atoms with Crippen LogP contribution >= 0.6 is 0 Å². The molecule has 3 amide bonds. The molecule has 0 saturated carbocycles. The van der Waals surface area contributed by atoms with E-state index >= 15 is 0 Å². The number of likely N-dealkylation sites (tertiary alicyclic amines) is 1. The molecule has 0 radical (unpaired) electrons. The van der Waals surface area contributed by atoms with Crippen LogP contribution < -0.4 is 5.32 Å². The molecule has 2 aromatic carbocycles. The lowest BCUT2D eigenvalue weighted by atomic mass is 10.0. The zero-order valence-corrected chi connectivity index (χ0v) is 23.1. The number of H-pyrrole nitrogens is 1. The lowest BCUT2D eigenvalue weighted by Crippen LogP contribution is -2.49. The van der Waals surface area contributed by atoms with Crippen LogP contribution in [0.3, 0.4) is 0 Å². The van der Waals surface area contributed by atoms with Gasteiger partial charge in [-0.15, -0.1) is 0 Å². The van der Waals surface area contributed by atoms with Gasteiger partial charge in [0.1, 0.15) is 18.4 Å². The first-order valence-electron chi connectivity index (χ1n) is 13.8. The first kappa shape index (κ1) is 28.4. The summed E-state index contributed by atoms with van der Waals surface area (Å²) < 4.78 is 44.2. The summed E-state index contributed by atoms with van der Waals surface area (Å²) in [6, 6.07) is 13.4. The van der Waals surface area contributed by atoms with E-state index in [1.54, 1.807) is 49.6 Å². The number of benzene rings is 2. The number of carbonyl (C=O) groups excluding carboxylic acids is 3. The maximum atomic E-state index is 13.5. The van der Waals surface area contributed by atoms with Crippen LogP contribution in [0, 0.1) is 5.82 Å². The third kappa shape index (κ3) is 5.82. The highest BCUT2D eigenvalue weighted by atomic mass is 19.3. The smallest absolute Gasteiger partial charge is 0.345 e. The molecule has 2 aliphatic rings. The molecule has 2 aromatic heterocycles. The number of fused-ring (bicyclic) bond motifs is 2. The van der Waals surface area contributed by atoms with Gasteiger partial charge >= 0.3 is 6.61 Å². The third-order valence-electron chi connectivity index (χ3n) is 7.94. The molecule has 222 valence electrons. The van der Waals surface area contributed by atoms with Gasteiger partial charge in [-0.2, -0.15) is 8.78 Å². The van der Waals surface area contributed by atoms with E-state index < -0.39 is 36.6 Å². The number of aromatic amines is 1. The SMILES string of the molecule is C[C@@H](NC(=O)[C@@H]1C[C@@H](OC(F)F)CN1C(=O)CN1Cc2cc(-c3ccc(F)cc3)ccc2C1=O)c1cc2cnccc2[nH]1. The summed E-state index contributed by atoms with van der Waals surface area (Å²) in [5, 5.41) is 3.73. The molecule has 0 spiro atoms. The molecule has 0 bridgehead atoms. The Morgan fingerprint density at radius 3 is 2.63 bits per heavy atom. The maximum absolute atomic E-state index is 13.5.